The number of imide groups is 1. The molecule has 0 aromatic carbocycles. The van der Waals surface area contributed by atoms with Crippen LogP contribution in [-0.4, -0.2) is 76.5 Å². The molecule has 0 aliphatic carbocycles. The molecule has 43 heavy (non-hydrogen) atoms. The first kappa shape index (κ1) is 29.6. The van der Waals surface area contributed by atoms with E-state index in [9.17, 15) is 19.5 Å². The van der Waals surface area contributed by atoms with E-state index in [4.69, 9.17) is 15.2 Å². The van der Waals surface area contributed by atoms with Gasteiger partial charge in [-0.1, -0.05) is 0 Å². The Morgan fingerprint density at radius 3 is 2.16 bits per heavy atom. The molecule has 14 nitrogen and oxygen atoms in total. The van der Waals surface area contributed by atoms with E-state index in [1.807, 2.05) is 21.2 Å². The van der Waals surface area contributed by atoms with Gasteiger partial charge in [-0.25, -0.2) is 29.3 Å². The number of rotatable bonds is 3. The highest BCUT2D eigenvalue weighted by Gasteiger charge is 2.37. The first-order chi connectivity index (χ1) is 20.1. The molecule has 14 heteroatoms. The average molecular weight is 593 g/mol. The summed E-state index contributed by atoms with van der Waals surface area (Å²) >= 11 is 0. The number of nitrogens with two attached hydrogens (primary N) is 1. The number of imidazole rings is 1. The predicted octanol–water partition coefficient (Wildman–Crippen LogP) is 5.32. The second-order valence-corrected chi connectivity index (χ2v) is 12.4. The minimum absolute atomic E-state index is 0.0182. The lowest BCUT2D eigenvalue weighted by atomic mass is 10.1. The van der Waals surface area contributed by atoms with Gasteiger partial charge in [-0.3, -0.25) is 4.40 Å². The van der Waals surface area contributed by atoms with Gasteiger partial charge in [0.2, 0.25) is 0 Å². The fourth-order valence-electron chi connectivity index (χ4n) is 5.16. The van der Waals surface area contributed by atoms with Crippen LogP contribution in [0.3, 0.4) is 0 Å². The summed E-state index contributed by atoms with van der Waals surface area (Å²) in [6.07, 6.45) is 4.76. The van der Waals surface area contributed by atoms with Crippen molar-refractivity contribution in [1.82, 2.24) is 28.8 Å². The van der Waals surface area contributed by atoms with Gasteiger partial charge in [0.1, 0.15) is 23.2 Å². The summed E-state index contributed by atoms with van der Waals surface area (Å²) < 4.78 is 15.0. The van der Waals surface area contributed by atoms with Crippen molar-refractivity contribution < 1.29 is 29.0 Å². The molecule has 0 bridgehead atoms. The zero-order valence-electron chi connectivity index (χ0n) is 25.1. The maximum Gasteiger partial charge on any atom is 0.425 e. The van der Waals surface area contributed by atoms with Gasteiger partial charge in [-0.2, -0.15) is 4.90 Å². The van der Waals surface area contributed by atoms with E-state index < -0.39 is 29.5 Å². The van der Waals surface area contributed by atoms with E-state index in [0.29, 0.717) is 59.6 Å². The molecule has 5 heterocycles. The number of anilines is 2. The molecule has 1 aliphatic rings. The van der Waals surface area contributed by atoms with Crippen LogP contribution in [0, 0.1) is 0 Å². The van der Waals surface area contributed by atoms with Gasteiger partial charge >= 0.3 is 18.3 Å². The fraction of sp³-hybridized carbons (Fsp3) is 0.448. The quantitative estimate of drug-likeness (QED) is 0.317. The van der Waals surface area contributed by atoms with Gasteiger partial charge in [-0.15, -0.1) is 0 Å². The van der Waals surface area contributed by atoms with Crippen molar-refractivity contribution >= 4 is 46.5 Å². The Morgan fingerprint density at radius 1 is 0.953 bits per heavy atom. The first-order valence-electron chi connectivity index (χ1n) is 14.0. The molecule has 4 aromatic rings. The molecule has 1 fully saturated rings. The smallest absolute Gasteiger partial charge is 0.425 e. The van der Waals surface area contributed by atoms with E-state index in [1.165, 1.54) is 11.2 Å². The number of hydrogen-bond donors (Lipinski definition) is 2. The van der Waals surface area contributed by atoms with Gasteiger partial charge < -0.3 is 29.8 Å². The normalized spacial score (nSPS) is 14.7. The zero-order chi connectivity index (χ0) is 31.3. The highest BCUT2D eigenvalue weighted by Crippen LogP contribution is 2.40. The van der Waals surface area contributed by atoms with Crippen molar-refractivity contribution in [2.24, 2.45) is 0 Å². The minimum Gasteiger partial charge on any atom is -0.465 e. The molecule has 1 aliphatic heterocycles. The number of likely N-dealkylation sites (tertiary alicyclic amines) is 1. The van der Waals surface area contributed by atoms with E-state index in [2.05, 4.69) is 15.0 Å². The summed E-state index contributed by atoms with van der Waals surface area (Å²) in [6.45, 7) is 10.9. The zero-order valence-corrected chi connectivity index (χ0v) is 25.1. The second kappa shape index (κ2) is 10.7. The summed E-state index contributed by atoms with van der Waals surface area (Å²) in [6, 6.07) is 3.44. The van der Waals surface area contributed by atoms with Gasteiger partial charge in [0.05, 0.1) is 16.8 Å². The van der Waals surface area contributed by atoms with Gasteiger partial charge in [0.25, 0.3) is 0 Å². The van der Waals surface area contributed by atoms with Crippen LogP contribution in [0.25, 0.3) is 27.9 Å². The Hall–Kier alpha value is -4.88. The largest absolute Gasteiger partial charge is 0.465 e. The molecule has 5 rings (SSSR count). The number of pyridine rings is 1. The maximum absolute atomic E-state index is 13.6. The molecule has 0 saturated carbocycles. The lowest BCUT2D eigenvalue weighted by Crippen LogP contribution is -2.44. The molecule has 0 spiro atoms. The molecule has 0 unspecified atom stereocenters. The van der Waals surface area contributed by atoms with E-state index in [-0.39, 0.29) is 11.9 Å². The topological polar surface area (TPSA) is 170 Å². The lowest BCUT2D eigenvalue weighted by molar-refractivity contribution is 0.0429. The SMILES string of the molecule is CC(C)(C)OC(=O)N(C(=O)OC(C)(C)C)c1ncnc2c1c(-c1ccc(N)c3nccn13)cn2C1CCN(C(=O)O)CC1. The van der Waals surface area contributed by atoms with E-state index in [0.717, 1.165) is 4.90 Å². The Balaban J connectivity index is 1.76. The molecule has 0 atom stereocenters. The summed E-state index contributed by atoms with van der Waals surface area (Å²) in [7, 11) is 0. The van der Waals surface area contributed by atoms with Crippen molar-refractivity contribution in [3.63, 3.8) is 0 Å². The number of ether oxygens (including phenoxy) is 2. The van der Waals surface area contributed by atoms with Crippen molar-refractivity contribution in [3.8, 4) is 11.3 Å². The van der Waals surface area contributed by atoms with E-state index in [1.54, 1.807) is 60.0 Å². The van der Waals surface area contributed by atoms with Crippen molar-refractivity contribution in [1.29, 1.82) is 0 Å². The van der Waals surface area contributed by atoms with Gasteiger partial charge in [0.15, 0.2) is 11.5 Å². The van der Waals surface area contributed by atoms with Crippen molar-refractivity contribution in [3.05, 3.63) is 37.1 Å². The summed E-state index contributed by atoms with van der Waals surface area (Å²) in [5, 5.41) is 9.87. The maximum atomic E-state index is 13.6. The first-order valence-corrected chi connectivity index (χ1v) is 14.0. The number of carboxylic acid groups (broad SMARTS) is 1. The van der Waals surface area contributed by atoms with Crippen LogP contribution in [0.15, 0.2) is 37.1 Å². The van der Waals surface area contributed by atoms with Gasteiger partial charge in [-0.05, 0) is 66.5 Å². The number of fused-ring (bicyclic) bond motifs is 2. The van der Waals surface area contributed by atoms with Crippen molar-refractivity contribution in [2.75, 3.05) is 23.7 Å². The highest BCUT2D eigenvalue weighted by atomic mass is 16.6. The molecule has 3 amide bonds. The number of nitrogens with zero attached hydrogens (tertiary/aromatic N) is 7. The van der Waals surface area contributed by atoms with Gasteiger partial charge in [0, 0.05) is 43.3 Å². The van der Waals surface area contributed by atoms with Crippen molar-refractivity contribution in [2.45, 2.75) is 71.6 Å². The number of amides is 3. The third kappa shape index (κ3) is 5.90. The number of hydrogen-bond acceptors (Lipinski definition) is 9. The number of aromatic nitrogens is 5. The molecule has 3 N–H and O–H groups in total. The number of piperidine rings is 1. The monoisotopic (exact) mass is 592 g/mol. The van der Waals surface area contributed by atoms with Crippen LogP contribution >= 0.6 is 0 Å². The lowest BCUT2D eigenvalue weighted by Gasteiger charge is -2.31. The molecular formula is C29H36N8O6. The van der Waals surface area contributed by atoms with Crippen LogP contribution in [0.5, 0.6) is 0 Å². The Labute approximate surface area is 248 Å². The number of carbonyl (C=O) groups is 3. The molecule has 228 valence electrons. The van der Waals surface area contributed by atoms with Crippen LogP contribution in [0.1, 0.15) is 60.4 Å². The standard InChI is InChI=1S/C29H36N8O6/c1-28(2,3)42-26(40)37(27(41)43-29(4,5)6)24-21-18(20-8-7-19(30)22-31-11-14-35(20)22)15-36(23(21)32-16-33-24)17-9-12-34(13-10-17)25(38)39/h7-8,11,14-17H,9-10,12-13,30H2,1-6H3,(H,38,39). The molecular weight excluding hydrogens is 556 g/mol. The molecule has 4 aromatic heterocycles. The fourth-order valence-corrected chi connectivity index (χ4v) is 5.16. The minimum atomic E-state index is -0.962. The summed E-state index contributed by atoms with van der Waals surface area (Å²) in [4.78, 5) is 54.4. The predicted molar refractivity (Wildman–Crippen MR) is 159 cm³/mol. The summed E-state index contributed by atoms with van der Waals surface area (Å²) in [5.74, 6) is -0.0182. The van der Waals surface area contributed by atoms with E-state index >= 15 is 0 Å². The third-order valence-electron chi connectivity index (χ3n) is 6.94. The second-order valence-electron chi connectivity index (χ2n) is 12.4. The Morgan fingerprint density at radius 2 is 1.58 bits per heavy atom. The van der Waals surface area contributed by atoms with Crippen LogP contribution in [-0.2, 0) is 9.47 Å². The third-order valence-corrected chi connectivity index (χ3v) is 6.94. The number of nitrogen functional groups attached to an aromatic ring is 1. The average Bonchev–Trinajstić information content (AvgIpc) is 3.54. The van der Waals surface area contributed by atoms with Crippen LogP contribution < -0.4 is 10.6 Å². The summed E-state index contributed by atoms with van der Waals surface area (Å²) in [5.41, 5.74) is 7.08. The Bertz CT molecular complexity index is 1680. The highest BCUT2D eigenvalue weighted by molar-refractivity contribution is 6.16. The molecule has 1 saturated heterocycles. The number of carbonyl (C=O) groups excluding carboxylic acids is 2. The molecule has 0 radical (unpaired) electrons. The van der Waals surface area contributed by atoms with Crippen LogP contribution in [0.2, 0.25) is 0 Å². The van der Waals surface area contributed by atoms with Crippen LogP contribution in [0.4, 0.5) is 25.9 Å². The Kier molecular flexibility index (Phi) is 7.40.